The summed E-state index contributed by atoms with van der Waals surface area (Å²) in [7, 11) is 4.43. The fourth-order valence-corrected chi connectivity index (χ4v) is 5.89. The van der Waals surface area contributed by atoms with Crippen molar-refractivity contribution in [1.29, 1.82) is 0 Å². The molecular formula is C41H82ClNO2. The van der Waals surface area contributed by atoms with Crippen LogP contribution in [0.5, 0.6) is 0 Å². The minimum atomic E-state index is 0. The molecule has 0 heterocycles. The number of nitrogens with one attached hydrogen (secondary N) is 1. The van der Waals surface area contributed by atoms with Crippen LogP contribution in [0.3, 0.4) is 0 Å². The summed E-state index contributed by atoms with van der Waals surface area (Å²) < 4.78 is 12.3. The second-order valence-electron chi connectivity index (χ2n) is 13.9. The van der Waals surface area contributed by atoms with E-state index in [0.717, 1.165) is 26.4 Å². The first-order valence-corrected chi connectivity index (χ1v) is 20.0. The van der Waals surface area contributed by atoms with Crippen LogP contribution < -0.4 is 17.3 Å². The van der Waals surface area contributed by atoms with Gasteiger partial charge in [-0.3, -0.25) is 0 Å². The number of allylic oxidation sites excluding steroid dienone is 4. The fraction of sp³-hybridized carbons (Fsp3) is 0.902. The van der Waals surface area contributed by atoms with Gasteiger partial charge in [-0.1, -0.05) is 154 Å². The molecule has 0 aromatic carbocycles. The Morgan fingerprint density at radius 3 is 1.16 bits per heavy atom. The number of hydrogen-bond donors (Lipinski definition) is 1. The Bertz CT molecular complexity index is 580. The average molecular weight is 657 g/mol. The van der Waals surface area contributed by atoms with Gasteiger partial charge in [-0.05, 0) is 64.2 Å². The highest BCUT2D eigenvalue weighted by atomic mass is 35.5. The molecule has 0 radical (unpaired) electrons. The maximum Gasteiger partial charge on any atom is 0.129 e. The van der Waals surface area contributed by atoms with Crippen LogP contribution in [0.25, 0.3) is 0 Å². The molecule has 0 aliphatic carbocycles. The first-order valence-electron chi connectivity index (χ1n) is 20.0. The minimum absolute atomic E-state index is 0. The monoisotopic (exact) mass is 656 g/mol. The number of halogens is 1. The predicted octanol–water partition coefficient (Wildman–Crippen LogP) is 8.61. The highest BCUT2D eigenvalue weighted by Gasteiger charge is 2.13. The van der Waals surface area contributed by atoms with Crippen molar-refractivity contribution in [3.05, 3.63) is 24.3 Å². The van der Waals surface area contributed by atoms with E-state index in [2.05, 4.69) is 52.2 Å². The number of unbranched alkanes of at least 4 members (excludes halogenated alkanes) is 24. The molecule has 3 nitrogen and oxygen atoms in total. The molecule has 0 aliphatic heterocycles. The van der Waals surface area contributed by atoms with Crippen LogP contribution in [0.15, 0.2) is 24.3 Å². The van der Waals surface area contributed by atoms with Gasteiger partial charge in [-0.2, -0.15) is 0 Å². The Morgan fingerprint density at radius 2 is 0.778 bits per heavy atom. The molecule has 0 bridgehead atoms. The van der Waals surface area contributed by atoms with E-state index in [9.17, 15) is 0 Å². The summed E-state index contributed by atoms with van der Waals surface area (Å²) in [6.07, 6.45) is 47.7. The fourth-order valence-electron chi connectivity index (χ4n) is 5.89. The van der Waals surface area contributed by atoms with Gasteiger partial charge >= 0.3 is 0 Å². The normalized spacial score (nSPS) is 12.6. The van der Waals surface area contributed by atoms with Gasteiger partial charge in [0, 0.05) is 13.2 Å². The SMILES string of the molecule is CCCCCCCC/C=C\CCCCCCCCOCC(C[NH+](C)C)OCCCCCCCC/C=C\CCCCCCCC.[Cl-]. The Hall–Kier alpha value is -0.350. The average Bonchev–Trinajstić information content (AvgIpc) is 3.01. The highest BCUT2D eigenvalue weighted by molar-refractivity contribution is 4.82. The molecule has 0 saturated heterocycles. The number of ether oxygens (including phenoxy) is 2. The largest absolute Gasteiger partial charge is 1.00 e. The summed E-state index contributed by atoms with van der Waals surface area (Å²) >= 11 is 0. The lowest BCUT2D eigenvalue weighted by atomic mass is 10.1. The van der Waals surface area contributed by atoms with Crippen molar-refractivity contribution in [1.82, 2.24) is 0 Å². The third-order valence-electron chi connectivity index (χ3n) is 8.75. The molecule has 45 heavy (non-hydrogen) atoms. The van der Waals surface area contributed by atoms with E-state index < -0.39 is 0 Å². The lowest BCUT2D eigenvalue weighted by Crippen LogP contribution is -3.07. The van der Waals surface area contributed by atoms with E-state index in [1.165, 1.54) is 185 Å². The summed E-state index contributed by atoms with van der Waals surface area (Å²) in [5.74, 6) is 0. The molecule has 270 valence electrons. The van der Waals surface area contributed by atoms with Gasteiger partial charge in [-0.15, -0.1) is 0 Å². The second kappa shape index (κ2) is 41.7. The van der Waals surface area contributed by atoms with E-state index in [1.54, 1.807) is 0 Å². The number of quaternary nitrogens is 1. The van der Waals surface area contributed by atoms with Gasteiger partial charge in [0.05, 0.1) is 20.7 Å². The van der Waals surface area contributed by atoms with E-state index in [1.807, 2.05) is 0 Å². The van der Waals surface area contributed by atoms with Gasteiger partial charge in [0.2, 0.25) is 0 Å². The Morgan fingerprint density at radius 1 is 0.444 bits per heavy atom. The van der Waals surface area contributed by atoms with Crippen LogP contribution in [0, 0.1) is 0 Å². The van der Waals surface area contributed by atoms with E-state index >= 15 is 0 Å². The smallest absolute Gasteiger partial charge is 0.129 e. The number of hydrogen-bond acceptors (Lipinski definition) is 2. The molecule has 0 spiro atoms. The Balaban J connectivity index is 0. The van der Waals surface area contributed by atoms with Crippen molar-refractivity contribution in [2.75, 3.05) is 40.5 Å². The van der Waals surface area contributed by atoms with Crippen LogP contribution in [-0.4, -0.2) is 46.6 Å². The topological polar surface area (TPSA) is 22.9 Å². The standard InChI is InChI=1S/C41H81NO2.ClH/c1-5-7-9-11-13-15-17-19-21-23-25-27-29-31-33-35-37-43-40-41(39-42(3)4)44-38-36-34-32-30-28-26-24-22-20-18-16-14-12-10-8-6-2;/h19-22,41H,5-18,23-40H2,1-4H3;1H/b21-19-,22-20-;. The van der Waals surface area contributed by atoms with Crippen LogP contribution in [-0.2, 0) is 9.47 Å². The molecular weight excluding hydrogens is 574 g/mol. The number of likely N-dealkylation sites (N-methyl/N-ethyl adjacent to an activating group) is 1. The molecule has 0 fully saturated rings. The molecule has 1 atom stereocenters. The summed E-state index contributed by atoms with van der Waals surface area (Å²) in [5.41, 5.74) is 0. The van der Waals surface area contributed by atoms with Gasteiger partial charge in [0.25, 0.3) is 0 Å². The second-order valence-corrected chi connectivity index (χ2v) is 13.9. The maximum atomic E-state index is 6.24. The molecule has 0 saturated carbocycles. The molecule has 0 aliphatic rings. The Labute approximate surface area is 290 Å². The quantitative estimate of drug-likeness (QED) is 0.0535. The zero-order valence-corrected chi connectivity index (χ0v) is 32.0. The zero-order valence-electron chi connectivity index (χ0n) is 31.2. The first-order chi connectivity index (χ1) is 21.7. The van der Waals surface area contributed by atoms with Crippen LogP contribution in [0.1, 0.15) is 194 Å². The van der Waals surface area contributed by atoms with Gasteiger partial charge < -0.3 is 26.8 Å². The van der Waals surface area contributed by atoms with Crippen LogP contribution >= 0.6 is 0 Å². The molecule has 1 unspecified atom stereocenters. The van der Waals surface area contributed by atoms with Gasteiger partial charge in [0.15, 0.2) is 0 Å². The van der Waals surface area contributed by atoms with Gasteiger partial charge in [0.1, 0.15) is 12.6 Å². The maximum absolute atomic E-state index is 6.24. The van der Waals surface area contributed by atoms with Crippen molar-refractivity contribution < 1.29 is 26.8 Å². The predicted molar refractivity (Wildman–Crippen MR) is 197 cm³/mol. The van der Waals surface area contributed by atoms with Crippen molar-refractivity contribution in [2.45, 2.75) is 200 Å². The summed E-state index contributed by atoms with van der Waals surface area (Å²) in [4.78, 5) is 1.44. The first kappa shape index (κ1) is 46.8. The van der Waals surface area contributed by atoms with Crippen molar-refractivity contribution in [3.8, 4) is 0 Å². The molecule has 0 aromatic heterocycles. The molecule has 0 amide bonds. The third kappa shape index (κ3) is 41.6. The van der Waals surface area contributed by atoms with E-state index in [-0.39, 0.29) is 18.5 Å². The van der Waals surface area contributed by atoms with E-state index in [0.29, 0.717) is 0 Å². The zero-order chi connectivity index (χ0) is 32.0. The number of rotatable bonds is 37. The highest BCUT2D eigenvalue weighted by Crippen LogP contribution is 2.12. The third-order valence-corrected chi connectivity index (χ3v) is 8.75. The van der Waals surface area contributed by atoms with Crippen molar-refractivity contribution >= 4 is 0 Å². The van der Waals surface area contributed by atoms with Gasteiger partial charge in [-0.25, -0.2) is 0 Å². The van der Waals surface area contributed by atoms with Crippen molar-refractivity contribution in [3.63, 3.8) is 0 Å². The van der Waals surface area contributed by atoms with E-state index in [4.69, 9.17) is 9.47 Å². The van der Waals surface area contributed by atoms with Crippen molar-refractivity contribution in [2.24, 2.45) is 0 Å². The van der Waals surface area contributed by atoms with Crippen LogP contribution in [0.2, 0.25) is 0 Å². The molecule has 1 N–H and O–H groups in total. The lowest BCUT2D eigenvalue weighted by molar-refractivity contribution is -0.862. The summed E-state index contributed by atoms with van der Waals surface area (Å²) in [5, 5.41) is 0. The summed E-state index contributed by atoms with van der Waals surface area (Å²) in [6, 6.07) is 0. The minimum Gasteiger partial charge on any atom is -1.00 e. The Kier molecular flexibility index (Phi) is 43.3. The molecule has 0 aromatic rings. The molecule has 4 heteroatoms. The lowest BCUT2D eigenvalue weighted by Gasteiger charge is -2.20. The summed E-state index contributed by atoms with van der Waals surface area (Å²) in [6.45, 7) is 8.13. The van der Waals surface area contributed by atoms with Crippen LogP contribution in [0.4, 0.5) is 0 Å². The molecule has 0 rings (SSSR count).